The van der Waals surface area contributed by atoms with Crippen molar-refractivity contribution in [1.82, 2.24) is 0 Å². The van der Waals surface area contributed by atoms with Gasteiger partial charge in [-0.15, -0.1) is 0 Å². The van der Waals surface area contributed by atoms with Crippen LogP contribution in [0.25, 0.3) is 0 Å². The first-order valence-corrected chi connectivity index (χ1v) is 7.23. The zero-order chi connectivity index (χ0) is 12.3. The zero-order valence-corrected chi connectivity index (χ0v) is 12.0. The van der Waals surface area contributed by atoms with E-state index in [9.17, 15) is 5.11 Å². The van der Waals surface area contributed by atoms with Crippen molar-refractivity contribution >= 4 is 33.2 Å². The van der Waals surface area contributed by atoms with E-state index in [1.54, 1.807) is 0 Å². The van der Waals surface area contributed by atoms with Crippen LogP contribution in [0, 0.1) is 0 Å². The standard InChI is InChI=1S/C13H17BrClNO/c14-10-7-6-9(8-11(10)15)16-12-4-2-1-3-5-13(12)17/h6-8,12-13,16-17H,1-5H2. The van der Waals surface area contributed by atoms with E-state index >= 15 is 0 Å². The Bertz CT molecular complexity index is 386. The molecule has 1 aliphatic rings. The molecule has 0 spiro atoms. The second-order valence-electron chi connectivity index (χ2n) is 4.59. The van der Waals surface area contributed by atoms with Gasteiger partial charge in [0, 0.05) is 10.2 Å². The predicted molar refractivity (Wildman–Crippen MR) is 75.7 cm³/mol. The SMILES string of the molecule is OC1CCCCCC1Nc1ccc(Br)c(Cl)c1. The van der Waals surface area contributed by atoms with Gasteiger partial charge in [-0.25, -0.2) is 0 Å². The van der Waals surface area contributed by atoms with Crippen LogP contribution in [-0.2, 0) is 0 Å². The third-order valence-electron chi connectivity index (χ3n) is 3.25. The molecule has 0 aromatic heterocycles. The number of hydrogen-bond donors (Lipinski definition) is 2. The van der Waals surface area contributed by atoms with Gasteiger partial charge in [0.1, 0.15) is 0 Å². The molecule has 1 aromatic carbocycles. The molecular weight excluding hydrogens is 302 g/mol. The number of halogens is 2. The third-order valence-corrected chi connectivity index (χ3v) is 4.48. The summed E-state index contributed by atoms with van der Waals surface area (Å²) >= 11 is 9.42. The highest BCUT2D eigenvalue weighted by atomic mass is 79.9. The van der Waals surface area contributed by atoms with Crippen molar-refractivity contribution in [2.24, 2.45) is 0 Å². The van der Waals surface area contributed by atoms with Crippen molar-refractivity contribution in [3.05, 3.63) is 27.7 Å². The van der Waals surface area contributed by atoms with Crippen LogP contribution >= 0.6 is 27.5 Å². The smallest absolute Gasteiger partial charge is 0.0741 e. The molecule has 2 nitrogen and oxygen atoms in total. The highest BCUT2D eigenvalue weighted by Gasteiger charge is 2.21. The number of aliphatic hydroxyl groups excluding tert-OH is 1. The summed E-state index contributed by atoms with van der Waals surface area (Å²) in [5.74, 6) is 0. The van der Waals surface area contributed by atoms with Crippen molar-refractivity contribution < 1.29 is 5.11 Å². The van der Waals surface area contributed by atoms with Gasteiger partial charge in [-0.1, -0.05) is 30.9 Å². The van der Waals surface area contributed by atoms with Crippen molar-refractivity contribution in [3.8, 4) is 0 Å². The maximum atomic E-state index is 10.0. The van der Waals surface area contributed by atoms with Crippen molar-refractivity contribution in [2.45, 2.75) is 44.2 Å². The van der Waals surface area contributed by atoms with E-state index in [0.717, 1.165) is 29.4 Å². The summed E-state index contributed by atoms with van der Waals surface area (Å²) in [6.07, 6.45) is 5.19. The molecule has 0 heterocycles. The molecule has 1 aliphatic carbocycles. The Morgan fingerprint density at radius 1 is 1.24 bits per heavy atom. The molecule has 0 saturated heterocycles. The summed E-state index contributed by atoms with van der Waals surface area (Å²) in [4.78, 5) is 0. The van der Waals surface area contributed by atoms with Gasteiger partial charge in [0.05, 0.1) is 17.2 Å². The largest absolute Gasteiger partial charge is 0.391 e. The van der Waals surface area contributed by atoms with Gasteiger partial charge in [-0.05, 0) is 47.0 Å². The van der Waals surface area contributed by atoms with E-state index in [0.29, 0.717) is 5.02 Å². The zero-order valence-electron chi connectivity index (χ0n) is 9.63. The number of aliphatic hydroxyl groups is 1. The molecule has 94 valence electrons. The predicted octanol–water partition coefficient (Wildman–Crippen LogP) is 4.21. The highest BCUT2D eigenvalue weighted by Crippen LogP contribution is 2.27. The fraction of sp³-hybridized carbons (Fsp3) is 0.538. The van der Waals surface area contributed by atoms with Gasteiger partial charge >= 0.3 is 0 Å². The maximum absolute atomic E-state index is 10.0. The maximum Gasteiger partial charge on any atom is 0.0741 e. The number of hydrogen-bond acceptors (Lipinski definition) is 2. The monoisotopic (exact) mass is 317 g/mol. The van der Waals surface area contributed by atoms with E-state index in [4.69, 9.17) is 11.6 Å². The van der Waals surface area contributed by atoms with Crippen LogP contribution < -0.4 is 5.32 Å². The van der Waals surface area contributed by atoms with E-state index in [1.807, 2.05) is 18.2 Å². The van der Waals surface area contributed by atoms with Gasteiger partial charge in [0.25, 0.3) is 0 Å². The summed E-state index contributed by atoms with van der Waals surface area (Å²) in [5.41, 5.74) is 0.976. The lowest BCUT2D eigenvalue weighted by Gasteiger charge is -2.23. The Balaban J connectivity index is 2.05. The quantitative estimate of drug-likeness (QED) is 0.801. The normalized spacial score (nSPS) is 25.4. The number of rotatable bonds is 2. The lowest BCUT2D eigenvalue weighted by molar-refractivity contribution is 0.144. The van der Waals surface area contributed by atoms with Gasteiger partial charge in [-0.2, -0.15) is 0 Å². The Morgan fingerprint density at radius 3 is 2.76 bits per heavy atom. The molecule has 1 fully saturated rings. The summed E-state index contributed by atoms with van der Waals surface area (Å²) in [6, 6.07) is 5.94. The van der Waals surface area contributed by atoms with Crippen LogP contribution in [0.1, 0.15) is 32.1 Å². The molecule has 17 heavy (non-hydrogen) atoms. The molecule has 2 rings (SSSR count). The summed E-state index contributed by atoms with van der Waals surface area (Å²) < 4.78 is 0.895. The average molecular weight is 319 g/mol. The minimum atomic E-state index is -0.250. The minimum Gasteiger partial charge on any atom is -0.391 e. The van der Waals surface area contributed by atoms with Crippen LogP contribution in [0.3, 0.4) is 0 Å². The Hall–Kier alpha value is -0.250. The molecule has 2 unspecified atom stereocenters. The second-order valence-corrected chi connectivity index (χ2v) is 5.85. The van der Waals surface area contributed by atoms with Crippen LogP contribution in [0.5, 0.6) is 0 Å². The summed E-state index contributed by atoms with van der Waals surface area (Å²) in [7, 11) is 0. The molecule has 0 radical (unpaired) electrons. The van der Waals surface area contributed by atoms with Gasteiger partial charge in [0.15, 0.2) is 0 Å². The van der Waals surface area contributed by atoms with Gasteiger partial charge < -0.3 is 10.4 Å². The van der Waals surface area contributed by atoms with Crippen molar-refractivity contribution in [3.63, 3.8) is 0 Å². The molecule has 0 bridgehead atoms. The van der Waals surface area contributed by atoms with Crippen LogP contribution in [-0.4, -0.2) is 17.3 Å². The van der Waals surface area contributed by atoms with Crippen LogP contribution in [0.15, 0.2) is 22.7 Å². The molecule has 2 atom stereocenters. The minimum absolute atomic E-state index is 0.148. The fourth-order valence-electron chi connectivity index (χ4n) is 2.26. The van der Waals surface area contributed by atoms with E-state index in [1.165, 1.54) is 12.8 Å². The lowest BCUT2D eigenvalue weighted by Crippen LogP contribution is -2.32. The van der Waals surface area contributed by atoms with Crippen molar-refractivity contribution in [1.29, 1.82) is 0 Å². The number of nitrogens with one attached hydrogen (secondary N) is 1. The first-order chi connectivity index (χ1) is 8.16. The Labute approximate surface area is 115 Å². The first kappa shape index (κ1) is 13.2. The van der Waals surface area contributed by atoms with Gasteiger partial charge in [0.2, 0.25) is 0 Å². The Morgan fingerprint density at radius 2 is 2.00 bits per heavy atom. The number of benzene rings is 1. The molecule has 1 saturated carbocycles. The van der Waals surface area contributed by atoms with E-state index in [2.05, 4.69) is 21.2 Å². The average Bonchev–Trinajstić information content (AvgIpc) is 2.50. The van der Waals surface area contributed by atoms with Crippen LogP contribution in [0.2, 0.25) is 5.02 Å². The van der Waals surface area contributed by atoms with Gasteiger partial charge in [-0.3, -0.25) is 0 Å². The molecular formula is C13H17BrClNO. The summed E-state index contributed by atoms with van der Waals surface area (Å²) in [5, 5.41) is 14.1. The topological polar surface area (TPSA) is 32.3 Å². The highest BCUT2D eigenvalue weighted by molar-refractivity contribution is 9.10. The van der Waals surface area contributed by atoms with E-state index < -0.39 is 0 Å². The molecule has 2 N–H and O–H groups in total. The molecule has 0 aliphatic heterocycles. The second kappa shape index (κ2) is 6.07. The number of anilines is 1. The van der Waals surface area contributed by atoms with Crippen LogP contribution in [0.4, 0.5) is 5.69 Å². The molecule has 1 aromatic rings. The fourth-order valence-corrected chi connectivity index (χ4v) is 2.68. The Kier molecular flexibility index (Phi) is 4.71. The third kappa shape index (κ3) is 3.60. The first-order valence-electron chi connectivity index (χ1n) is 6.06. The van der Waals surface area contributed by atoms with Crippen molar-refractivity contribution in [2.75, 3.05) is 5.32 Å². The lowest BCUT2D eigenvalue weighted by atomic mass is 10.1. The van der Waals surface area contributed by atoms with E-state index in [-0.39, 0.29) is 12.1 Å². The molecule has 4 heteroatoms. The molecule has 0 amide bonds. The summed E-state index contributed by atoms with van der Waals surface area (Å²) in [6.45, 7) is 0.